The number of amides is 1. The number of rotatable bonds is 6. The number of nitrogens with one attached hydrogen (secondary N) is 1. The van der Waals surface area contributed by atoms with Gasteiger partial charge in [-0.1, -0.05) is 41.6 Å². The van der Waals surface area contributed by atoms with Crippen molar-refractivity contribution in [2.45, 2.75) is 20.0 Å². The Bertz CT molecular complexity index is 1170. The number of nitrogens with zero attached hydrogens (tertiary/aromatic N) is 3. The number of hydrogen-bond acceptors (Lipinski definition) is 4. The first-order valence-electron chi connectivity index (χ1n) is 9.43. The Morgan fingerprint density at radius 1 is 1.07 bits per heavy atom. The molecule has 4 aromatic rings. The van der Waals surface area contributed by atoms with Gasteiger partial charge in [0.25, 0.3) is 5.91 Å². The van der Waals surface area contributed by atoms with Gasteiger partial charge in [-0.15, -0.1) is 5.10 Å². The predicted molar refractivity (Wildman–Crippen MR) is 112 cm³/mol. The lowest BCUT2D eigenvalue weighted by Gasteiger charge is -2.08. The largest absolute Gasteiger partial charge is 0.497 e. The molecule has 1 aromatic heterocycles. The number of carbonyl (C=O) groups excluding carboxylic acids is 1. The van der Waals surface area contributed by atoms with Gasteiger partial charge in [0.1, 0.15) is 11.3 Å². The zero-order chi connectivity index (χ0) is 20.2. The van der Waals surface area contributed by atoms with Crippen molar-refractivity contribution in [1.29, 1.82) is 0 Å². The fraction of sp³-hybridized carbons (Fsp3) is 0.174. The van der Waals surface area contributed by atoms with Crippen LogP contribution in [-0.2, 0) is 13.1 Å². The van der Waals surface area contributed by atoms with Gasteiger partial charge in [-0.25, -0.2) is 4.68 Å². The van der Waals surface area contributed by atoms with E-state index in [0.29, 0.717) is 24.2 Å². The fourth-order valence-electron chi connectivity index (χ4n) is 3.25. The minimum absolute atomic E-state index is 0.150. The Morgan fingerprint density at radius 3 is 2.76 bits per heavy atom. The second kappa shape index (κ2) is 8.14. The molecule has 6 heteroatoms. The molecule has 0 bridgehead atoms. The Balaban J connectivity index is 1.49. The van der Waals surface area contributed by atoms with Gasteiger partial charge in [0.15, 0.2) is 0 Å². The molecule has 0 radical (unpaired) electrons. The SMILES string of the molecule is COc1cccc(CNC(=O)c2ccc3c(c2)nnn3Cc2ccccc2C)c1. The summed E-state index contributed by atoms with van der Waals surface area (Å²) >= 11 is 0. The van der Waals surface area contributed by atoms with Crippen molar-refractivity contribution in [1.82, 2.24) is 20.3 Å². The highest BCUT2D eigenvalue weighted by Gasteiger charge is 2.11. The Morgan fingerprint density at radius 2 is 1.93 bits per heavy atom. The molecular weight excluding hydrogens is 364 g/mol. The topological polar surface area (TPSA) is 69.0 Å². The van der Waals surface area contributed by atoms with E-state index < -0.39 is 0 Å². The number of methoxy groups -OCH3 is 1. The lowest BCUT2D eigenvalue weighted by Crippen LogP contribution is -2.22. The summed E-state index contributed by atoms with van der Waals surface area (Å²) in [4.78, 5) is 12.6. The van der Waals surface area contributed by atoms with Gasteiger partial charge in [-0.3, -0.25) is 4.79 Å². The Labute approximate surface area is 169 Å². The summed E-state index contributed by atoms with van der Waals surface area (Å²) in [5.74, 6) is 0.617. The van der Waals surface area contributed by atoms with E-state index in [1.165, 1.54) is 11.1 Å². The van der Waals surface area contributed by atoms with Gasteiger partial charge >= 0.3 is 0 Å². The zero-order valence-electron chi connectivity index (χ0n) is 16.4. The molecule has 0 aliphatic carbocycles. The summed E-state index contributed by atoms with van der Waals surface area (Å²) in [5.41, 5.74) is 5.54. The van der Waals surface area contributed by atoms with Gasteiger partial charge in [0.2, 0.25) is 0 Å². The highest BCUT2D eigenvalue weighted by Crippen LogP contribution is 2.17. The summed E-state index contributed by atoms with van der Waals surface area (Å²) in [7, 11) is 1.62. The first-order chi connectivity index (χ1) is 14.1. The van der Waals surface area contributed by atoms with Crippen LogP contribution < -0.4 is 10.1 Å². The number of hydrogen-bond donors (Lipinski definition) is 1. The molecular formula is C23H22N4O2. The van der Waals surface area contributed by atoms with Gasteiger partial charge in [0, 0.05) is 12.1 Å². The summed E-state index contributed by atoms with van der Waals surface area (Å²) in [6.45, 7) is 3.15. The van der Waals surface area contributed by atoms with E-state index >= 15 is 0 Å². The Hall–Kier alpha value is -3.67. The van der Waals surface area contributed by atoms with Crippen LogP contribution >= 0.6 is 0 Å². The van der Waals surface area contributed by atoms with Gasteiger partial charge < -0.3 is 10.1 Å². The van der Waals surface area contributed by atoms with E-state index in [0.717, 1.165) is 16.8 Å². The van der Waals surface area contributed by atoms with Gasteiger partial charge in [0.05, 0.1) is 19.2 Å². The molecule has 1 amide bonds. The van der Waals surface area contributed by atoms with Crippen LogP contribution in [0.25, 0.3) is 11.0 Å². The minimum atomic E-state index is -0.150. The second-order valence-corrected chi connectivity index (χ2v) is 6.91. The number of aryl methyl sites for hydroxylation is 1. The molecule has 29 heavy (non-hydrogen) atoms. The average Bonchev–Trinajstić information content (AvgIpc) is 3.16. The number of carbonyl (C=O) groups is 1. The minimum Gasteiger partial charge on any atom is -0.497 e. The molecule has 0 fully saturated rings. The first-order valence-corrected chi connectivity index (χ1v) is 9.43. The molecule has 0 atom stereocenters. The van der Waals surface area contributed by atoms with Crippen molar-refractivity contribution >= 4 is 16.9 Å². The third kappa shape index (κ3) is 4.11. The zero-order valence-corrected chi connectivity index (χ0v) is 16.4. The van der Waals surface area contributed by atoms with E-state index in [2.05, 4.69) is 34.7 Å². The Kier molecular flexibility index (Phi) is 5.24. The third-order valence-electron chi connectivity index (χ3n) is 4.94. The van der Waals surface area contributed by atoms with Crippen molar-refractivity contribution < 1.29 is 9.53 Å². The molecule has 0 saturated carbocycles. The van der Waals surface area contributed by atoms with Crippen molar-refractivity contribution in [3.8, 4) is 5.75 Å². The molecule has 3 aromatic carbocycles. The highest BCUT2D eigenvalue weighted by molar-refractivity contribution is 5.97. The molecule has 6 nitrogen and oxygen atoms in total. The van der Waals surface area contributed by atoms with Crippen LogP contribution in [0.4, 0.5) is 0 Å². The monoisotopic (exact) mass is 386 g/mol. The molecule has 4 rings (SSSR count). The molecule has 0 aliphatic heterocycles. The maximum absolute atomic E-state index is 12.6. The van der Waals surface area contributed by atoms with Crippen molar-refractivity contribution in [2.24, 2.45) is 0 Å². The van der Waals surface area contributed by atoms with E-state index in [4.69, 9.17) is 4.74 Å². The average molecular weight is 386 g/mol. The van der Waals surface area contributed by atoms with E-state index in [-0.39, 0.29) is 5.91 Å². The molecule has 0 aliphatic rings. The number of aromatic nitrogens is 3. The van der Waals surface area contributed by atoms with Crippen LogP contribution in [-0.4, -0.2) is 28.0 Å². The normalized spacial score (nSPS) is 10.8. The number of fused-ring (bicyclic) bond motifs is 1. The summed E-state index contributed by atoms with van der Waals surface area (Å²) in [5, 5.41) is 11.4. The lowest BCUT2D eigenvalue weighted by atomic mass is 10.1. The van der Waals surface area contributed by atoms with Crippen molar-refractivity contribution in [2.75, 3.05) is 7.11 Å². The van der Waals surface area contributed by atoms with Gasteiger partial charge in [-0.05, 0) is 53.9 Å². The number of ether oxygens (including phenoxy) is 1. The highest BCUT2D eigenvalue weighted by atomic mass is 16.5. The first kappa shape index (κ1) is 18.7. The smallest absolute Gasteiger partial charge is 0.251 e. The summed E-state index contributed by atoms with van der Waals surface area (Å²) < 4.78 is 7.07. The quantitative estimate of drug-likeness (QED) is 0.548. The van der Waals surface area contributed by atoms with Crippen LogP contribution in [0, 0.1) is 6.92 Å². The number of benzene rings is 3. The standard InChI is InChI=1S/C23H22N4O2/c1-16-6-3-4-8-19(16)15-27-22-11-10-18(13-21(22)25-26-27)23(28)24-14-17-7-5-9-20(12-17)29-2/h3-13H,14-15H2,1-2H3,(H,24,28). The molecule has 1 heterocycles. The molecule has 1 N–H and O–H groups in total. The van der Waals surface area contributed by atoms with Crippen LogP contribution in [0.3, 0.4) is 0 Å². The molecule has 0 unspecified atom stereocenters. The van der Waals surface area contributed by atoms with E-state index in [1.54, 1.807) is 19.2 Å². The fourth-order valence-corrected chi connectivity index (χ4v) is 3.25. The molecule has 0 spiro atoms. The van der Waals surface area contributed by atoms with E-state index in [1.807, 2.05) is 47.1 Å². The second-order valence-electron chi connectivity index (χ2n) is 6.91. The third-order valence-corrected chi connectivity index (χ3v) is 4.94. The molecule has 146 valence electrons. The maximum atomic E-state index is 12.6. The van der Waals surface area contributed by atoms with Crippen LogP contribution in [0.15, 0.2) is 66.7 Å². The molecule has 0 saturated heterocycles. The predicted octanol–water partition coefficient (Wildman–Crippen LogP) is 3.73. The van der Waals surface area contributed by atoms with Crippen LogP contribution in [0.1, 0.15) is 27.0 Å². The van der Waals surface area contributed by atoms with Crippen LogP contribution in [0.5, 0.6) is 5.75 Å². The maximum Gasteiger partial charge on any atom is 0.251 e. The van der Waals surface area contributed by atoms with Crippen molar-refractivity contribution in [3.05, 3.63) is 89.0 Å². The summed E-state index contributed by atoms with van der Waals surface area (Å²) in [6, 6.07) is 21.3. The van der Waals surface area contributed by atoms with Gasteiger partial charge in [-0.2, -0.15) is 0 Å². The van der Waals surface area contributed by atoms with E-state index in [9.17, 15) is 4.79 Å². The summed E-state index contributed by atoms with van der Waals surface area (Å²) in [6.07, 6.45) is 0. The lowest BCUT2D eigenvalue weighted by molar-refractivity contribution is 0.0951. The van der Waals surface area contributed by atoms with Crippen LogP contribution in [0.2, 0.25) is 0 Å². The van der Waals surface area contributed by atoms with Crippen molar-refractivity contribution in [3.63, 3.8) is 0 Å².